The second-order valence-corrected chi connectivity index (χ2v) is 4.63. The fourth-order valence-corrected chi connectivity index (χ4v) is 1.78. The highest BCUT2D eigenvalue weighted by Crippen LogP contribution is 2.12. The Bertz CT molecular complexity index is 654. The molecule has 0 atom stereocenters. The van der Waals surface area contributed by atoms with Crippen molar-refractivity contribution in [3.8, 4) is 5.75 Å². The van der Waals surface area contributed by atoms with Crippen molar-refractivity contribution >= 4 is 17.5 Å². The molecule has 0 aliphatic carbocycles. The van der Waals surface area contributed by atoms with Crippen LogP contribution < -0.4 is 15.8 Å². The zero-order valence-electron chi connectivity index (χ0n) is 11.7. The third kappa shape index (κ3) is 4.90. The number of benzene rings is 2. The molecule has 0 saturated carbocycles. The normalized spacial score (nSPS) is 10.0. The fraction of sp³-hybridized carbons (Fsp3) is 0.125. The topological polar surface area (TPSA) is 81.4 Å². The number of halogens is 1. The largest absolute Gasteiger partial charge is 0.484 e. The molecule has 0 aliphatic rings. The third-order valence-electron chi connectivity index (χ3n) is 2.80. The van der Waals surface area contributed by atoms with E-state index in [9.17, 15) is 14.0 Å². The quantitative estimate of drug-likeness (QED) is 0.854. The number of nitrogens with one attached hydrogen (secondary N) is 1. The number of anilines is 1. The van der Waals surface area contributed by atoms with Crippen molar-refractivity contribution in [2.45, 2.75) is 6.42 Å². The van der Waals surface area contributed by atoms with Crippen molar-refractivity contribution < 1.29 is 18.7 Å². The number of carbonyl (C=O) groups is 2. The van der Waals surface area contributed by atoms with E-state index in [1.165, 1.54) is 24.3 Å². The molecule has 0 fully saturated rings. The van der Waals surface area contributed by atoms with Crippen LogP contribution in [0, 0.1) is 5.82 Å². The van der Waals surface area contributed by atoms with E-state index in [0.29, 0.717) is 11.4 Å². The summed E-state index contributed by atoms with van der Waals surface area (Å²) in [5, 5.41) is 2.65. The van der Waals surface area contributed by atoms with Crippen molar-refractivity contribution in [3.63, 3.8) is 0 Å². The molecule has 0 unspecified atom stereocenters. The Balaban J connectivity index is 1.83. The molecule has 3 N–H and O–H groups in total. The van der Waals surface area contributed by atoms with Gasteiger partial charge in [0.15, 0.2) is 6.61 Å². The van der Waals surface area contributed by atoms with E-state index in [-0.39, 0.29) is 24.8 Å². The highest BCUT2D eigenvalue weighted by atomic mass is 19.1. The summed E-state index contributed by atoms with van der Waals surface area (Å²) in [4.78, 5) is 22.5. The summed E-state index contributed by atoms with van der Waals surface area (Å²) in [5.41, 5.74) is 6.45. The highest BCUT2D eigenvalue weighted by molar-refractivity contribution is 5.91. The number of carbonyl (C=O) groups excluding carboxylic acids is 2. The minimum absolute atomic E-state index is 0.155. The smallest absolute Gasteiger partial charge is 0.262 e. The molecule has 2 aromatic carbocycles. The summed E-state index contributed by atoms with van der Waals surface area (Å²) in [6.45, 7) is -0.186. The van der Waals surface area contributed by atoms with E-state index in [1.807, 2.05) is 0 Å². The average molecular weight is 302 g/mol. The number of hydrogen-bond acceptors (Lipinski definition) is 3. The molecular weight excluding hydrogens is 287 g/mol. The molecule has 0 radical (unpaired) electrons. The second kappa shape index (κ2) is 7.21. The van der Waals surface area contributed by atoms with E-state index in [0.717, 1.165) is 5.56 Å². The summed E-state index contributed by atoms with van der Waals surface area (Å²) in [5.74, 6) is -0.710. The molecule has 0 aliphatic heterocycles. The number of amides is 2. The molecule has 2 rings (SSSR count). The fourth-order valence-electron chi connectivity index (χ4n) is 1.78. The highest BCUT2D eigenvalue weighted by Gasteiger charge is 2.05. The van der Waals surface area contributed by atoms with E-state index < -0.39 is 5.91 Å². The molecule has 22 heavy (non-hydrogen) atoms. The van der Waals surface area contributed by atoms with Gasteiger partial charge in [0.2, 0.25) is 5.91 Å². The van der Waals surface area contributed by atoms with E-state index in [2.05, 4.69) is 5.32 Å². The Hall–Kier alpha value is -2.89. The van der Waals surface area contributed by atoms with E-state index in [1.54, 1.807) is 24.3 Å². The van der Waals surface area contributed by atoms with Crippen molar-refractivity contribution in [1.82, 2.24) is 0 Å². The van der Waals surface area contributed by atoms with Crippen LogP contribution in [0.15, 0.2) is 48.5 Å². The Morgan fingerprint density at radius 1 is 1.05 bits per heavy atom. The maximum absolute atomic E-state index is 12.7. The van der Waals surface area contributed by atoms with Gasteiger partial charge in [0.1, 0.15) is 11.6 Å². The standard InChI is InChI=1S/C16H15FN2O3/c17-12-3-7-14(8-4-12)22-10-16(21)19-13-5-1-11(2-6-13)9-15(18)20/h1-8H,9-10H2,(H2,18,20)(H,19,21). The first-order chi connectivity index (χ1) is 10.5. The second-order valence-electron chi connectivity index (χ2n) is 4.63. The van der Waals surface area contributed by atoms with Crippen LogP contribution in [0.5, 0.6) is 5.75 Å². The number of ether oxygens (including phenoxy) is 1. The first kappa shape index (κ1) is 15.5. The molecule has 0 spiro atoms. The summed E-state index contributed by atoms with van der Waals surface area (Å²) in [7, 11) is 0. The van der Waals surface area contributed by atoms with Crippen molar-refractivity contribution in [1.29, 1.82) is 0 Å². The van der Waals surface area contributed by atoms with Crippen LogP contribution in [0.3, 0.4) is 0 Å². The summed E-state index contributed by atoms with van der Waals surface area (Å²) in [6.07, 6.45) is 0.155. The van der Waals surface area contributed by atoms with Gasteiger partial charge in [-0.05, 0) is 42.0 Å². The van der Waals surface area contributed by atoms with Crippen LogP contribution >= 0.6 is 0 Å². The van der Waals surface area contributed by atoms with Gasteiger partial charge < -0.3 is 15.8 Å². The van der Waals surface area contributed by atoms with Crippen LogP contribution in [0.2, 0.25) is 0 Å². The number of nitrogens with two attached hydrogens (primary N) is 1. The number of hydrogen-bond donors (Lipinski definition) is 2. The first-order valence-corrected chi connectivity index (χ1v) is 6.58. The predicted octanol–water partition coefficient (Wildman–Crippen LogP) is 1.87. The van der Waals surface area contributed by atoms with Gasteiger partial charge in [0, 0.05) is 5.69 Å². The molecular formula is C16H15FN2O3. The lowest BCUT2D eigenvalue weighted by molar-refractivity contribution is -0.118. The van der Waals surface area contributed by atoms with E-state index in [4.69, 9.17) is 10.5 Å². The minimum atomic E-state index is -0.413. The van der Waals surface area contributed by atoms with Crippen molar-refractivity contribution in [2.75, 3.05) is 11.9 Å². The molecule has 0 bridgehead atoms. The molecule has 114 valence electrons. The molecule has 6 heteroatoms. The lowest BCUT2D eigenvalue weighted by Gasteiger charge is -2.08. The number of primary amides is 1. The third-order valence-corrected chi connectivity index (χ3v) is 2.80. The molecule has 0 aromatic heterocycles. The summed E-state index contributed by atoms with van der Waals surface area (Å²) >= 11 is 0. The zero-order chi connectivity index (χ0) is 15.9. The lowest BCUT2D eigenvalue weighted by Crippen LogP contribution is -2.20. The van der Waals surface area contributed by atoms with E-state index >= 15 is 0 Å². The van der Waals surface area contributed by atoms with Crippen LogP contribution in [0.25, 0.3) is 0 Å². The van der Waals surface area contributed by atoms with Crippen LogP contribution in [0.1, 0.15) is 5.56 Å². The lowest BCUT2D eigenvalue weighted by atomic mass is 10.1. The monoisotopic (exact) mass is 302 g/mol. The zero-order valence-corrected chi connectivity index (χ0v) is 11.7. The van der Waals surface area contributed by atoms with Gasteiger partial charge in [-0.15, -0.1) is 0 Å². The van der Waals surface area contributed by atoms with Gasteiger partial charge in [-0.25, -0.2) is 4.39 Å². The van der Waals surface area contributed by atoms with Crippen LogP contribution in [-0.2, 0) is 16.0 Å². The van der Waals surface area contributed by atoms with Gasteiger partial charge >= 0.3 is 0 Å². The number of rotatable bonds is 6. The van der Waals surface area contributed by atoms with Gasteiger partial charge in [0.25, 0.3) is 5.91 Å². The van der Waals surface area contributed by atoms with Crippen LogP contribution in [-0.4, -0.2) is 18.4 Å². The summed E-state index contributed by atoms with van der Waals surface area (Å²) in [6, 6.07) is 12.2. The van der Waals surface area contributed by atoms with Gasteiger partial charge in [-0.2, -0.15) is 0 Å². The first-order valence-electron chi connectivity index (χ1n) is 6.58. The molecule has 5 nitrogen and oxygen atoms in total. The Labute approximate surface area is 126 Å². The van der Waals surface area contributed by atoms with Crippen LogP contribution in [0.4, 0.5) is 10.1 Å². The minimum Gasteiger partial charge on any atom is -0.484 e. The Kier molecular flexibility index (Phi) is 5.08. The van der Waals surface area contributed by atoms with Crippen molar-refractivity contribution in [3.05, 3.63) is 59.9 Å². The Morgan fingerprint density at radius 2 is 1.68 bits per heavy atom. The molecule has 0 saturated heterocycles. The maximum atomic E-state index is 12.7. The van der Waals surface area contributed by atoms with Gasteiger partial charge in [-0.1, -0.05) is 12.1 Å². The maximum Gasteiger partial charge on any atom is 0.262 e. The molecule has 2 aromatic rings. The van der Waals surface area contributed by atoms with Crippen molar-refractivity contribution in [2.24, 2.45) is 5.73 Å². The molecule has 0 heterocycles. The van der Waals surface area contributed by atoms with Gasteiger partial charge in [-0.3, -0.25) is 9.59 Å². The average Bonchev–Trinajstić information content (AvgIpc) is 2.48. The van der Waals surface area contributed by atoms with Gasteiger partial charge in [0.05, 0.1) is 6.42 Å². The molecule has 2 amide bonds. The Morgan fingerprint density at radius 3 is 2.27 bits per heavy atom. The summed E-state index contributed by atoms with van der Waals surface area (Å²) < 4.78 is 18.0. The predicted molar refractivity (Wildman–Crippen MR) is 79.9 cm³/mol. The SMILES string of the molecule is NC(=O)Cc1ccc(NC(=O)COc2ccc(F)cc2)cc1.